The van der Waals surface area contributed by atoms with E-state index in [1.807, 2.05) is 44.6 Å². The van der Waals surface area contributed by atoms with Crippen LogP contribution in [0.5, 0.6) is 0 Å². The molecule has 2 rings (SSSR count). The molecular weight excluding hydrogens is 276 g/mol. The summed E-state index contributed by atoms with van der Waals surface area (Å²) in [5, 5.41) is 10.5. The van der Waals surface area contributed by atoms with Crippen molar-refractivity contribution in [1.82, 2.24) is 20.4 Å². The van der Waals surface area contributed by atoms with Crippen molar-refractivity contribution in [2.24, 2.45) is 7.05 Å². The van der Waals surface area contributed by atoms with E-state index in [1.165, 1.54) is 0 Å². The molecule has 0 aliphatic heterocycles. The number of rotatable bonds is 7. The van der Waals surface area contributed by atoms with Crippen molar-refractivity contribution in [3.8, 4) is 0 Å². The molecule has 0 saturated heterocycles. The molecule has 1 aromatic carbocycles. The summed E-state index contributed by atoms with van der Waals surface area (Å²) in [4.78, 5) is 12.4. The van der Waals surface area contributed by atoms with Gasteiger partial charge in [-0.2, -0.15) is 5.10 Å². The zero-order valence-corrected chi connectivity index (χ0v) is 13.5. The molecule has 118 valence electrons. The number of aryl methyl sites for hydroxylation is 2. The Balaban J connectivity index is 2.06. The summed E-state index contributed by atoms with van der Waals surface area (Å²) >= 11 is 0. The van der Waals surface area contributed by atoms with Crippen molar-refractivity contribution >= 4 is 5.91 Å². The highest BCUT2D eigenvalue weighted by atomic mass is 16.1. The first-order valence-electron chi connectivity index (χ1n) is 7.67. The van der Waals surface area contributed by atoms with Crippen LogP contribution in [0.15, 0.2) is 30.5 Å². The molecule has 1 amide bonds. The Morgan fingerprint density at radius 1 is 1.27 bits per heavy atom. The van der Waals surface area contributed by atoms with Crippen LogP contribution in [0, 0.1) is 0 Å². The highest BCUT2D eigenvalue weighted by Crippen LogP contribution is 2.11. The Morgan fingerprint density at radius 2 is 2.05 bits per heavy atom. The number of benzene rings is 1. The minimum absolute atomic E-state index is 0.0300. The fourth-order valence-electron chi connectivity index (χ4n) is 2.52. The molecule has 0 unspecified atom stereocenters. The number of aromatic nitrogens is 2. The summed E-state index contributed by atoms with van der Waals surface area (Å²) < 4.78 is 1.79. The predicted molar refractivity (Wildman–Crippen MR) is 87.8 cm³/mol. The molecule has 0 radical (unpaired) electrons. The van der Waals surface area contributed by atoms with Crippen molar-refractivity contribution in [3.63, 3.8) is 0 Å². The van der Waals surface area contributed by atoms with Gasteiger partial charge in [0.1, 0.15) is 0 Å². The highest BCUT2D eigenvalue weighted by molar-refractivity contribution is 5.95. The first-order valence-corrected chi connectivity index (χ1v) is 7.67. The fraction of sp³-hybridized carbons (Fsp3) is 0.412. The van der Waals surface area contributed by atoms with Crippen LogP contribution in [0.25, 0.3) is 0 Å². The maximum absolute atomic E-state index is 12.4. The number of hydrogen-bond donors (Lipinski definition) is 2. The quantitative estimate of drug-likeness (QED) is 0.818. The molecule has 0 atom stereocenters. The normalized spacial score (nSPS) is 10.7. The van der Waals surface area contributed by atoms with E-state index in [1.54, 1.807) is 4.68 Å². The summed E-state index contributed by atoms with van der Waals surface area (Å²) in [5.74, 6) is -0.0300. The van der Waals surface area contributed by atoms with Crippen LogP contribution in [0.3, 0.4) is 0 Å². The van der Waals surface area contributed by atoms with Gasteiger partial charge in [0.05, 0.1) is 5.69 Å². The molecule has 0 aliphatic carbocycles. The third kappa shape index (κ3) is 3.95. The van der Waals surface area contributed by atoms with E-state index < -0.39 is 0 Å². The van der Waals surface area contributed by atoms with Gasteiger partial charge in [-0.1, -0.05) is 25.1 Å². The Bertz CT molecular complexity index is 633. The lowest BCUT2D eigenvalue weighted by atomic mass is 10.0. The standard InChI is InChI=1S/C17H24N4O/c1-4-16-14(12-21(3)20-16)11-19-17(22)15-8-6-5-7-13(15)9-10-18-2/h5-8,12,18H,4,9-11H2,1-3H3,(H,19,22). The maximum Gasteiger partial charge on any atom is 0.251 e. The van der Waals surface area contributed by atoms with Crippen LogP contribution in [-0.2, 0) is 26.4 Å². The van der Waals surface area contributed by atoms with Gasteiger partial charge >= 0.3 is 0 Å². The van der Waals surface area contributed by atoms with Crippen molar-refractivity contribution < 1.29 is 4.79 Å². The van der Waals surface area contributed by atoms with Gasteiger partial charge in [0.25, 0.3) is 5.91 Å². The van der Waals surface area contributed by atoms with Crippen molar-refractivity contribution in [1.29, 1.82) is 0 Å². The highest BCUT2D eigenvalue weighted by Gasteiger charge is 2.12. The van der Waals surface area contributed by atoms with E-state index in [-0.39, 0.29) is 5.91 Å². The molecule has 1 heterocycles. The molecule has 1 aromatic heterocycles. The molecule has 0 fully saturated rings. The van der Waals surface area contributed by atoms with Gasteiger partial charge in [0.15, 0.2) is 0 Å². The minimum atomic E-state index is -0.0300. The molecule has 2 aromatic rings. The number of nitrogens with one attached hydrogen (secondary N) is 2. The monoisotopic (exact) mass is 300 g/mol. The van der Waals surface area contributed by atoms with E-state index in [4.69, 9.17) is 0 Å². The largest absolute Gasteiger partial charge is 0.348 e. The van der Waals surface area contributed by atoms with Gasteiger partial charge in [-0.3, -0.25) is 9.48 Å². The predicted octanol–water partition coefficient (Wildman–Crippen LogP) is 1.67. The molecule has 0 aliphatic rings. The van der Waals surface area contributed by atoms with E-state index >= 15 is 0 Å². The average Bonchev–Trinajstić information content (AvgIpc) is 2.91. The van der Waals surface area contributed by atoms with Crippen LogP contribution >= 0.6 is 0 Å². The SMILES string of the molecule is CCc1nn(C)cc1CNC(=O)c1ccccc1CCNC. The van der Waals surface area contributed by atoms with E-state index in [2.05, 4.69) is 22.7 Å². The van der Waals surface area contributed by atoms with E-state index in [0.717, 1.165) is 41.8 Å². The molecule has 0 spiro atoms. The van der Waals surface area contributed by atoms with Gasteiger partial charge < -0.3 is 10.6 Å². The lowest BCUT2D eigenvalue weighted by Gasteiger charge is -2.10. The zero-order chi connectivity index (χ0) is 15.9. The first-order chi connectivity index (χ1) is 10.7. The third-order valence-electron chi connectivity index (χ3n) is 3.67. The summed E-state index contributed by atoms with van der Waals surface area (Å²) in [6, 6.07) is 7.76. The Morgan fingerprint density at radius 3 is 2.77 bits per heavy atom. The minimum Gasteiger partial charge on any atom is -0.348 e. The summed E-state index contributed by atoms with van der Waals surface area (Å²) in [6.45, 7) is 3.43. The number of carbonyl (C=O) groups is 1. The smallest absolute Gasteiger partial charge is 0.251 e. The first kappa shape index (κ1) is 16.2. The molecule has 0 saturated carbocycles. The van der Waals surface area contributed by atoms with Crippen LogP contribution in [-0.4, -0.2) is 29.3 Å². The number of carbonyl (C=O) groups excluding carboxylic acids is 1. The van der Waals surface area contributed by atoms with Gasteiger partial charge in [-0.15, -0.1) is 0 Å². The van der Waals surface area contributed by atoms with Gasteiger partial charge in [-0.05, 0) is 38.1 Å². The molecular formula is C17H24N4O. The average molecular weight is 300 g/mol. The van der Waals surface area contributed by atoms with Gasteiger partial charge in [0, 0.05) is 30.9 Å². The van der Waals surface area contributed by atoms with Crippen LogP contribution in [0.4, 0.5) is 0 Å². The maximum atomic E-state index is 12.4. The second-order valence-electron chi connectivity index (χ2n) is 5.32. The number of amides is 1. The number of likely N-dealkylation sites (N-methyl/N-ethyl adjacent to an activating group) is 1. The second-order valence-corrected chi connectivity index (χ2v) is 5.32. The molecule has 22 heavy (non-hydrogen) atoms. The molecule has 5 nitrogen and oxygen atoms in total. The molecule has 2 N–H and O–H groups in total. The van der Waals surface area contributed by atoms with Crippen molar-refractivity contribution in [3.05, 3.63) is 52.8 Å². The second kappa shape index (κ2) is 7.75. The van der Waals surface area contributed by atoms with Gasteiger partial charge in [-0.25, -0.2) is 0 Å². The lowest BCUT2D eigenvalue weighted by molar-refractivity contribution is 0.0950. The van der Waals surface area contributed by atoms with Gasteiger partial charge in [0.2, 0.25) is 0 Å². The zero-order valence-electron chi connectivity index (χ0n) is 13.5. The number of nitrogens with zero attached hydrogens (tertiary/aromatic N) is 2. The fourth-order valence-corrected chi connectivity index (χ4v) is 2.52. The molecule has 5 heteroatoms. The van der Waals surface area contributed by atoms with Crippen LogP contribution in [0.1, 0.15) is 34.1 Å². The van der Waals surface area contributed by atoms with Crippen molar-refractivity contribution in [2.75, 3.05) is 13.6 Å². The summed E-state index contributed by atoms with van der Waals surface area (Å²) in [6.07, 6.45) is 3.67. The third-order valence-corrected chi connectivity index (χ3v) is 3.67. The summed E-state index contributed by atoms with van der Waals surface area (Å²) in [5.41, 5.74) is 3.92. The Kier molecular flexibility index (Phi) is 5.72. The molecule has 0 bridgehead atoms. The lowest BCUT2D eigenvalue weighted by Crippen LogP contribution is -2.25. The Labute approximate surface area is 131 Å². The number of hydrogen-bond acceptors (Lipinski definition) is 3. The van der Waals surface area contributed by atoms with E-state index in [0.29, 0.717) is 6.54 Å². The topological polar surface area (TPSA) is 59.0 Å². The van der Waals surface area contributed by atoms with Crippen molar-refractivity contribution in [2.45, 2.75) is 26.3 Å². The van der Waals surface area contributed by atoms with E-state index in [9.17, 15) is 4.79 Å². The van der Waals surface area contributed by atoms with Crippen LogP contribution < -0.4 is 10.6 Å². The van der Waals surface area contributed by atoms with Crippen LogP contribution in [0.2, 0.25) is 0 Å². The summed E-state index contributed by atoms with van der Waals surface area (Å²) in [7, 11) is 3.81. The Hall–Kier alpha value is -2.14.